The van der Waals surface area contributed by atoms with Crippen LogP contribution in [0.3, 0.4) is 0 Å². The van der Waals surface area contributed by atoms with Crippen LogP contribution in [0.5, 0.6) is 5.75 Å². The molecule has 1 amide bonds. The SMILES string of the molecule is Cc1nc2nc(C)c(O[C@@H]3CCN(c4ccc(C5CCC(C(=O)N6CC7(COC7)C6)CC5)cc4)C3)c(C)n2n1. The van der Waals surface area contributed by atoms with E-state index in [1.54, 1.807) is 4.52 Å². The molecule has 1 aromatic carbocycles. The smallest absolute Gasteiger partial charge is 0.253 e. The standard InChI is InChI=1S/C30H38N6O3/c1-19-27(20(2)36-29(31-19)32-21(3)33-36)39-26-12-13-34(14-26)25-10-8-23(9-11-25)22-4-6-24(7-5-22)28(37)35-15-30(16-35)17-38-18-30/h8-11,22,24,26H,4-7,12-18H2,1-3H3/t22?,24?,26-/m1/s1. The Bertz CT molecular complexity index is 1380. The molecule has 4 fully saturated rings. The third kappa shape index (κ3) is 4.44. The maximum absolute atomic E-state index is 12.9. The Hall–Kier alpha value is -3.20. The Morgan fingerprint density at radius 3 is 2.44 bits per heavy atom. The van der Waals surface area contributed by atoms with Crippen molar-refractivity contribution in [2.24, 2.45) is 11.3 Å². The number of hydrogen-bond acceptors (Lipinski definition) is 7. The monoisotopic (exact) mass is 530 g/mol. The fourth-order valence-corrected chi connectivity index (χ4v) is 7.04. The van der Waals surface area contributed by atoms with E-state index in [1.165, 1.54) is 11.3 Å². The lowest BCUT2D eigenvalue weighted by molar-refractivity contribution is -0.198. The minimum absolute atomic E-state index is 0.108. The summed E-state index contributed by atoms with van der Waals surface area (Å²) in [7, 11) is 0. The fraction of sp³-hybridized carbons (Fsp3) is 0.600. The third-order valence-electron chi connectivity index (χ3n) is 9.35. The summed E-state index contributed by atoms with van der Waals surface area (Å²) < 4.78 is 13.6. The molecule has 0 N–H and O–H groups in total. The molecule has 9 nitrogen and oxygen atoms in total. The zero-order valence-electron chi connectivity index (χ0n) is 23.2. The van der Waals surface area contributed by atoms with Gasteiger partial charge in [-0.2, -0.15) is 9.50 Å². The lowest BCUT2D eigenvalue weighted by Crippen LogP contribution is -2.67. The first-order chi connectivity index (χ1) is 18.9. The molecule has 1 saturated carbocycles. The van der Waals surface area contributed by atoms with Crippen LogP contribution in [-0.4, -0.2) is 75.9 Å². The van der Waals surface area contributed by atoms with Gasteiger partial charge in [-0.05, 0) is 70.1 Å². The summed E-state index contributed by atoms with van der Waals surface area (Å²) in [6.45, 7) is 11.2. The number of anilines is 1. The maximum atomic E-state index is 12.9. The second-order valence-electron chi connectivity index (χ2n) is 12.3. The molecule has 7 rings (SSSR count). The van der Waals surface area contributed by atoms with Gasteiger partial charge in [0.15, 0.2) is 5.75 Å². The number of aromatic nitrogens is 4. The van der Waals surface area contributed by atoms with Gasteiger partial charge in [-0.25, -0.2) is 4.98 Å². The number of likely N-dealkylation sites (tertiary alicyclic amines) is 1. The van der Waals surface area contributed by atoms with Crippen molar-refractivity contribution >= 4 is 17.4 Å². The highest BCUT2D eigenvalue weighted by Crippen LogP contribution is 2.42. The molecule has 1 spiro atoms. The van der Waals surface area contributed by atoms with Gasteiger partial charge in [0.05, 0.1) is 36.6 Å². The van der Waals surface area contributed by atoms with Gasteiger partial charge in [-0.15, -0.1) is 5.10 Å². The summed E-state index contributed by atoms with van der Waals surface area (Å²) in [5.74, 6) is 3.28. The number of hydrogen-bond donors (Lipinski definition) is 0. The van der Waals surface area contributed by atoms with Crippen LogP contribution in [0.2, 0.25) is 0 Å². The predicted molar refractivity (Wildman–Crippen MR) is 147 cm³/mol. The van der Waals surface area contributed by atoms with Crippen LogP contribution < -0.4 is 9.64 Å². The first-order valence-corrected chi connectivity index (χ1v) is 14.5. The molecule has 3 saturated heterocycles. The van der Waals surface area contributed by atoms with Crippen molar-refractivity contribution in [3.8, 4) is 5.75 Å². The largest absolute Gasteiger partial charge is 0.485 e. The van der Waals surface area contributed by atoms with Crippen molar-refractivity contribution in [2.45, 2.75) is 64.9 Å². The molecule has 1 atom stereocenters. The van der Waals surface area contributed by atoms with Gasteiger partial charge in [0.25, 0.3) is 5.78 Å². The van der Waals surface area contributed by atoms with Crippen LogP contribution in [-0.2, 0) is 9.53 Å². The molecule has 0 unspecified atom stereocenters. The van der Waals surface area contributed by atoms with E-state index in [4.69, 9.17) is 9.47 Å². The number of rotatable bonds is 5. The maximum Gasteiger partial charge on any atom is 0.253 e. The molecule has 39 heavy (non-hydrogen) atoms. The first kappa shape index (κ1) is 24.8. The molecule has 4 aliphatic rings. The highest BCUT2D eigenvalue weighted by molar-refractivity contribution is 5.80. The van der Waals surface area contributed by atoms with E-state index in [2.05, 4.69) is 49.1 Å². The van der Waals surface area contributed by atoms with Crippen LogP contribution >= 0.6 is 0 Å². The number of amides is 1. The number of fused-ring (bicyclic) bond motifs is 1. The van der Waals surface area contributed by atoms with E-state index < -0.39 is 0 Å². The van der Waals surface area contributed by atoms with Crippen molar-refractivity contribution in [3.05, 3.63) is 47.0 Å². The minimum Gasteiger partial charge on any atom is -0.485 e. The summed E-state index contributed by atoms with van der Waals surface area (Å²) in [6.07, 6.45) is 5.28. The quantitative estimate of drug-likeness (QED) is 0.496. The van der Waals surface area contributed by atoms with Crippen molar-refractivity contribution in [1.82, 2.24) is 24.5 Å². The highest BCUT2D eigenvalue weighted by atomic mass is 16.5. The van der Waals surface area contributed by atoms with Crippen molar-refractivity contribution in [3.63, 3.8) is 0 Å². The summed E-state index contributed by atoms with van der Waals surface area (Å²) in [5.41, 5.74) is 4.75. The zero-order valence-corrected chi connectivity index (χ0v) is 23.2. The van der Waals surface area contributed by atoms with Crippen molar-refractivity contribution < 1.29 is 14.3 Å². The highest BCUT2D eigenvalue weighted by Gasteiger charge is 2.51. The number of ether oxygens (including phenoxy) is 2. The molecular weight excluding hydrogens is 492 g/mol. The summed E-state index contributed by atoms with van der Waals surface area (Å²) >= 11 is 0. The Kier molecular flexibility index (Phi) is 6.02. The Morgan fingerprint density at radius 2 is 1.74 bits per heavy atom. The average Bonchev–Trinajstić information content (AvgIpc) is 3.51. The van der Waals surface area contributed by atoms with E-state index in [9.17, 15) is 4.79 Å². The predicted octanol–water partition coefficient (Wildman–Crippen LogP) is 3.84. The lowest BCUT2D eigenvalue weighted by Gasteiger charge is -2.55. The Morgan fingerprint density at radius 1 is 1.00 bits per heavy atom. The van der Waals surface area contributed by atoms with E-state index in [0.717, 1.165) is 88.6 Å². The molecule has 3 aliphatic heterocycles. The molecule has 5 heterocycles. The van der Waals surface area contributed by atoms with Crippen molar-refractivity contribution in [2.75, 3.05) is 44.3 Å². The average molecular weight is 531 g/mol. The number of aryl methyl sites for hydroxylation is 3. The molecule has 9 heteroatoms. The summed E-state index contributed by atoms with van der Waals surface area (Å²) in [4.78, 5) is 26.4. The normalized spacial score (nSPS) is 26.1. The molecule has 3 aromatic rings. The first-order valence-electron chi connectivity index (χ1n) is 14.5. The van der Waals surface area contributed by atoms with Gasteiger partial charge in [0, 0.05) is 37.7 Å². The topological polar surface area (TPSA) is 85.1 Å². The Balaban J connectivity index is 0.931. The van der Waals surface area contributed by atoms with E-state index in [-0.39, 0.29) is 12.0 Å². The minimum atomic E-state index is 0.108. The number of carbonyl (C=O) groups excluding carboxylic acids is 1. The zero-order chi connectivity index (χ0) is 26.7. The molecular formula is C30H38N6O3. The number of benzene rings is 1. The Labute approximate surface area is 229 Å². The van der Waals surface area contributed by atoms with E-state index in [1.807, 2.05) is 20.8 Å². The van der Waals surface area contributed by atoms with Gasteiger partial charge in [-0.3, -0.25) is 4.79 Å². The number of carbonyl (C=O) groups is 1. The van der Waals surface area contributed by atoms with Crippen LogP contribution in [0, 0.1) is 32.1 Å². The van der Waals surface area contributed by atoms with Gasteiger partial charge < -0.3 is 19.3 Å². The van der Waals surface area contributed by atoms with Gasteiger partial charge in [0.2, 0.25) is 5.91 Å². The lowest BCUT2D eigenvalue weighted by atomic mass is 9.74. The second kappa shape index (κ2) is 9.47. The van der Waals surface area contributed by atoms with Crippen LogP contribution in [0.4, 0.5) is 5.69 Å². The molecule has 2 aromatic heterocycles. The molecule has 206 valence electrons. The summed E-state index contributed by atoms with van der Waals surface area (Å²) in [5, 5.41) is 4.47. The van der Waals surface area contributed by atoms with Crippen molar-refractivity contribution in [1.29, 1.82) is 0 Å². The third-order valence-corrected chi connectivity index (χ3v) is 9.35. The molecule has 1 aliphatic carbocycles. The van der Waals surface area contributed by atoms with E-state index >= 15 is 0 Å². The summed E-state index contributed by atoms with van der Waals surface area (Å²) in [6, 6.07) is 9.12. The second-order valence-corrected chi connectivity index (χ2v) is 12.3. The fourth-order valence-electron chi connectivity index (χ4n) is 7.04. The van der Waals surface area contributed by atoms with Gasteiger partial charge in [-0.1, -0.05) is 12.1 Å². The van der Waals surface area contributed by atoms with Gasteiger partial charge in [0.1, 0.15) is 11.9 Å². The number of nitrogens with zero attached hydrogens (tertiary/aromatic N) is 6. The van der Waals surface area contributed by atoms with Gasteiger partial charge >= 0.3 is 0 Å². The van der Waals surface area contributed by atoms with Crippen LogP contribution in [0.15, 0.2) is 24.3 Å². The van der Waals surface area contributed by atoms with Crippen LogP contribution in [0.25, 0.3) is 5.78 Å². The van der Waals surface area contributed by atoms with E-state index in [0.29, 0.717) is 28.8 Å². The molecule has 0 radical (unpaired) electrons. The molecule has 0 bridgehead atoms. The van der Waals surface area contributed by atoms with Crippen LogP contribution in [0.1, 0.15) is 60.8 Å².